The predicted molar refractivity (Wildman–Crippen MR) is 75.5 cm³/mol. The molecule has 118 valence electrons. The predicted octanol–water partition coefficient (Wildman–Crippen LogP) is 0.456. The summed E-state index contributed by atoms with van der Waals surface area (Å²) in [6.07, 6.45) is 0.359. The fourth-order valence-corrected chi connectivity index (χ4v) is 2.12. The maximum Gasteiger partial charge on any atom is 0.337 e. The third-order valence-corrected chi connectivity index (χ3v) is 3.16. The number of nitrogens with one attached hydrogen (secondary N) is 1. The molecule has 0 saturated heterocycles. The van der Waals surface area contributed by atoms with E-state index in [0.29, 0.717) is 24.3 Å². The first kappa shape index (κ1) is 15.8. The summed E-state index contributed by atoms with van der Waals surface area (Å²) in [7, 11) is 1.33. The molecule has 0 aliphatic carbocycles. The highest BCUT2D eigenvalue weighted by atomic mass is 16.5. The molecule has 1 aromatic rings. The lowest BCUT2D eigenvalue weighted by Gasteiger charge is -2.11. The monoisotopic (exact) mass is 307 g/mol. The minimum atomic E-state index is -0.505. The van der Waals surface area contributed by atoms with Gasteiger partial charge in [0.05, 0.1) is 19.2 Å². The Morgan fingerprint density at radius 1 is 1.36 bits per heavy atom. The third kappa shape index (κ3) is 3.97. The molecule has 1 heterocycles. The van der Waals surface area contributed by atoms with Crippen LogP contribution in [0.15, 0.2) is 18.2 Å². The van der Waals surface area contributed by atoms with E-state index in [9.17, 15) is 14.4 Å². The zero-order chi connectivity index (χ0) is 16.1. The number of amides is 1. The zero-order valence-corrected chi connectivity index (χ0v) is 12.4. The molecule has 0 aromatic heterocycles. The maximum absolute atomic E-state index is 11.5. The molecule has 7 nitrogen and oxygen atoms in total. The van der Waals surface area contributed by atoms with Gasteiger partial charge in [-0.25, -0.2) is 4.79 Å². The van der Waals surface area contributed by atoms with E-state index in [1.165, 1.54) is 14.0 Å². The number of hydrogen-bond donors (Lipinski definition) is 1. The molecule has 7 heteroatoms. The van der Waals surface area contributed by atoms with Gasteiger partial charge >= 0.3 is 11.9 Å². The number of carbonyl (C=O) groups is 3. The first-order chi connectivity index (χ1) is 10.5. The molecule has 0 unspecified atom stereocenters. The Balaban J connectivity index is 1.86. The van der Waals surface area contributed by atoms with Crippen LogP contribution in [-0.4, -0.2) is 44.2 Å². The van der Waals surface area contributed by atoms with Crippen LogP contribution in [-0.2, 0) is 25.5 Å². The molecule has 22 heavy (non-hydrogen) atoms. The highest BCUT2D eigenvalue weighted by Gasteiger charge is 2.24. The molecule has 0 saturated carbocycles. The average molecular weight is 307 g/mol. The number of carbonyl (C=O) groups excluding carboxylic acids is 3. The van der Waals surface area contributed by atoms with E-state index in [1.54, 1.807) is 18.2 Å². The van der Waals surface area contributed by atoms with E-state index in [1.807, 2.05) is 0 Å². The first-order valence-electron chi connectivity index (χ1n) is 6.77. The highest BCUT2D eigenvalue weighted by Crippen LogP contribution is 2.29. The van der Waals surface area contributed by atoms with Crippen LogP contribution in [0.2, 0.25) is 0 Å². The van der Waals surface area contributed by atoms with Gasteiger partial charge in [-0.05, 0) is 23.8 Å². The molecule has 0 fully saturated rings. The third-order valence-electron chi connectivity index (χ3n) is 3.16. The van der Waals surface area contributed by atoms with Crippen LogP contribution in [0.5, 0.6) is 5.75 Å². The number of fused-ring (bicyclic) bond motifs is 1. The van der Waals surface area contributed by atoms with Gasteiger partial charge in [-0.15, -0.1) is 0 Å². The van der Waals surface area contributed by atoms with Crippen LogP contribution < -0.4 is 10.1 Å². The number of esters is 2. The second-order valence-corrected chi connectivity index (χ2v) is 4.84. The van der Waals surface area contributed by atoms with Crippen LogP contribution >= 0.6 is 0 Å². The SMILES string of the molecule is COC(=O)c1ccc2c(c1)C[C@@H](CNC(=O)COC(C)=O)O2. The number of benzene rings is 1. The van der Waals surface area contributed by atoms with Gasteiger partial charge in [0.1, 0.15) is 11.9 Å². The van der Waals surface area contributed by atoms with Crippen LogP contribution in [0.4, 0.5) is 0 Å². The van der Waals surface area contributed by atoms with Crippen molar-refractivity contribution >= 4 is 17.8 Å². The molecule has 1 aliphatic heterocycles. The normalized spacial score (nSPS) is 15.5. The Kier molecular flexibility index (Phi) is 4.98. The smallest absolute Gasteiger partial charge is 0.337 e. The quantitative estimate of drug-likeness (QED) is 0.795. The summed E-state index contributed by atoms with van der Waals surface area (Å²) >= 11 is 0. The molecule has 2 rings (SSSR count). The summed E-state index contributed by atoms with van der Waals surface area (Å²) in [5.41, 5.74) is 1.35. The van der Waals surface area contributed by atoms with E-state index in [4.69, 9.17) is 4.74 Å². The summed E-state index contributed by atoms with van der Waals surface area (Å²) in [6, 6.07) is 5.07. The minimum Gasteiger partial charge on any atom is -0.488 e. The minimum absolute atomic E-state index is 0.218. The standard InChI is InChI=1S/C15H17NO6/c1-9(17)21-8-14(18)16-7-12-6-11-5-10(15(19)20-2)3-4-13(11)22-12/h3-5,12H,6-8H2,1-2H3,(H,16,18)/t12-/m0/s1. The summed E-state index contributed by atoms with van der Waals surface area (Å²) in [6.45, 7) is 1.23. The lowest BCUT2D eigenvalue weighted by molar-refractivity contribution is -0.146. The van der Waals surface area contributed by atoms with Crippen molar-refractivity contribution in [3.63, 3.8) is 0 Å². The molecule has 1 aliphatic rings. The molecule has 0 bridgehead atoms. The van der Waals surface area contributed by atoms with Gasteiger partial charge in [0.25, 0.3) is 5.91 Å². The molecule has 1 amide bonds. The molecular formula is C15H17NO6. The summed E-state index contributed by atoms with van der Waals surface area (Å²) in [4.78, 5) is 33.5. The second-order valence-electron chi connectivity index (χ2n) is 4.84. The fraction of sp³-hybridized carbons (Fsp3) is 0.400. The summed E-state index contributed by atoms with van der Waals surface area (Å²) < 4.78 is 14.9. The van der Waals surface area contributed by atoms with Crippen LogP contribution in [0.25, 0.3) is 0 Å². The molecule has 1 aromatic carbocycles. The zero-order valence-electron chi connectivity index (χ0n) is 12.4. The first-order valence-corrected chi connectivity index (χ1v) is 6.77. The van der Waals surface area contributed by atoms with Crippen molar-refractivity contribution in [3.8, 4) is 5.75 Å². The van der Waals surface area contributed by atoms with E-state index >= 15 is 0 Å². The van der Waals surface area contributed by atoms with Crippen molar-refractivity contribution in [2.45, 2.75) is 19.4 Å². The van der Waals surface area contributed by atoms with Gasteiger partial charge in [0.2, 0.25) is 0 Å². The largest absolute Gasteiger partial charge is 0.488 e. The van der Waals surface area contributed by atoms with Crippen LogP contribution in [0.1, 0.15) is 22.8 Å². The number of rotatable bonds is 5. The lowest BCUT2D eigenvalue weighted by atomic mass is 10.1. The van der Waals surface area contributed by atoms with E-state index in [-0.39, 0.29) is 18.6 Å². The molecular weight excluding hydrogens is 290 g/mol. The van der Waals surface area contributed by atoms with Gasteiger partial charge in [0.15, 0.2) is 6.61 Å². The lowest BCUT2D eigenvalue weighted by Crippen LogP contribution is -2.36. The summed E-state index contributed by atoms with van der Waals surface area (Å²) in [5.74, 6) is -0.604. The maximum atomic E-state index is 11.5. The molecule has 0 spiro atoms. The molecule has 0 radical (unpaired) electrons. The van der Waals surface area contributed by atoms with Crippen molar-refractivity contribution in [3.05, 3.63) is 29.3 Å². The topological polar surface area (TPSA) is 90.9 Å². The Morgan fingerprint density at radius 3 is 2.82 bits per heavy atom. The Bertz CT molecular complexity index is 598. The molecule has 1 N–H and O–H groups in total. The van der Waals surface area contributed by atoms with Gasteiger partial charge in [-0.1, -0.05) is 0 Å². The van der Waals surface area contributed by atoms with Crippen molar-refractivity contribution in [1.82, 2.24) is 5.32 Å². The van der Waals surface area contributed by atoms with Crippen LogP contribution in [0.3, 0.4) is 0 Å². The van der Waals surface area contributed by atoms with Crippen molar-refractivity contribution in [2.75, 3.05) is 20.3 Å². The van der Waals surface area contributed by atoms with E-state index in [2.05, 4.69) is 14.8 Å². The van der Waals surface area contributed by atoms with E-state index < -0.39 is 11.9 Å². The van der Waals surface area contributed by atoms with Crippen molar-refractivity contribution < 1.29 is 28.6 Å². The van der Waals surface area contributed by atoms with Gasteiger partial charge in [0, 0.05) is 13.3 Å². The van der Waals surface area contributed by atoms with Gasteiger partial charge < -0.3 is 19.5 Å². The Hall–Kier alpha value is -2.57. The number of ether oxygens (including phenoxy) is 3. The highest BCUT2D eigenvalue weighted by molar-refractivity contribution is 5.89. The molecule has 1 atom stereocenters. The average Bonchev–Trinajstić information content (AvgIpc) is 2.91. The van der Waals surface area contributed by atoms with E-state index in [0.717, 1.165) is 5.56 Å². The Labute approximate surface area is 127 Å². The fourth-order valence-electron chi connectivity index (χ4n) is 2.12. The van der Waals surface area contributed by atoms with Gasteiger partial charge in [-0.2, -0.15) is 0 Å². The second kappa shape index (κ2) is 6.93. The number of hydrogen-bond acceptors (Lipinski definition) is 6. The number of methoxy groups -OCH3 is 1. The summed E-state index contributed by atoms with van der Waals surface area (Å²) in [5, 5.41) is 2.63. The van der Waals surface area contributed by atoms with Crippen LogP contribution in [0, 0.1) is 0 Å². The van der Waals surface area contributed by atoms with Crippen molar-refractivity contribution in [1.29, 1.82) is 0 Å². The Morgan fingerprint density at radius 2 is 2.14 bits per heavy atom. The van der Waals surface area contributed by atoms with Gasteiger partial charge in [-0.3, -0.25) is 9.59 Å². The van der Waals surface area contributed by atoms with Crippen molar-refractivity contribution in [2.24, 2.45) is 0 Å².